The number of hydrogen-bond donors (Lipinski definition) is 1. The second-order valence-corrected chi connectivity index (χ2v) is 6.30. The quantitative estimate of drug-likeness (QED) is 0.843. The Hall–Kier alpha value is -1.84. The van der Waals surface area contributed by atoms with Crippen molar-refractivity contribution in [3.63, 3.8) is 0 Å². The van der Waals surface area contributed by atoms with E-state index in [4.69, 9.17) is 4.74 Å². The molecular weight excluding hydrogens is 254 g/mol. The molecule has 0 aromatic heterocycles. The van der Waals surface area contributed by atoms with Gasteiger partial charge < -0.3 is 10.1 Å². The molecule has 1 aromatic carbocycles. The van der Waals surface area contributed by atoms with E-state index in [1.165, 1.54) is 0 Å². The molecule has 0 unspecified atom stereocenters. The van der Waals surface area contributed by atoms with E-state index in [-0.39, 0.29) is 17.8 Å². The first-order valence-corrected chi connectivity index (χ1v) is 6.85. The molecule has 1 aliphatic heterocycles. The molecular formula is C16H21NO3. The number of nitrogens with one attached hydrogen (secondary N) is 1. The minimum atomic E-state index is -0.593. The van der Waals surface area contributed by atoms with E-state index in [9.17, 15) is 9.59 Å². The third kappa shape index (κ3) is 3.38. The van der Waals surface area contributed by atoms with Gasteiger partial charge in [0.15, 0.2) is 0 Å². The third-order valence-electron chi connectivity index (χ3n) is 3.29. The summed E-state index contributed by atoms with van der Waals surface area (Å²) >= 11 is 0. The van der Waals surface area contributed by atoms with E-state index < -0.39 is 11.6 Å². The molecule has 108 valence electrons. The second-order valence-electron chi connectivity index (χ2n) is 6.30. The van der Waals surface area contributed by atoms with Crippen molar-refractivity contribution in [2.75, 3.05) is 0 Å². The molecule has 4 nitrogen and oxygen atoms in total. The number of hydrogen-bond acceptors (Lipinski definition) is 3. The highest BCUT2D eigenvalue weighted by atomic mass is 16.6. The van der Waals surface area contributed by atoms with Crippen molar-refractivity contribution in [3.05, 3.63) is 35.4 Å². The Balaban J connectivity index is 2.20. The third-order valence-corrected chi connectivity index (χ3v) is 3.29. The van der Waals surface area contributed by atoms with Crippen molar-refractivity contribution in [2.24, 2.45) is 0 Å². The van der Waals surface area contributed by atoms with E-state index in [2.05, 4.69) is 5.32 Å². The first-order chi connectivity index (χ1) is 9.26. The fraction of sp³-hybridized carbons (Fsp3) is 0.500. The van der Waals surface area contributed by atoms with E-state index >= 15 is 0 Å². The number of carbonyl (C=O) groups is 2. The molecule has 1 heterocycles. The van der Waals surface area contributed by atoms with Crippen LogP contribution in [0, 0.1) is 6.92 Å². The average Bonchev–Trinajstić information content (AvgIpc) is 2.70. The van der Waals surface area contributed by atoms with Gasteiger partial charge in [-0.1, -0.05) is 29.8 Å². The van der Waals surface area contributed by atoms with Gasteiger partial charge in [-0.3, -0.25) is 4.79 Å². The maximum atomic E-state index is 12.2. The lowest BCUT2D eigenvalue weighted by Gasteiger charge is -2.24. The van der Waals surface area contributed by atoms with Crippen LogP contribution in [0.4, 0.5) is 0 Å². The molecule has 2 rings (SSSR count). The highest BCUT2D eigenvalue weighted by Crippen LogP contribution is 2.30. The SMILES string of the molecule is Cc1ccc([C@@H]2CC(=O)N[C@H]2C(=O)OC(C)(C)C)cc1. The maximum Gasteiger partial charge on any atom is 0.329 e. The van der Waals surface area contributed by atoms with Crippen LogP contribution >= 0.6 is 0 Å². The van der Waals surface area contributed by atoms with E-state index in [0.717, 1.165) is 11.1 Å². The van der Waals surface area contributed by atoms with E-state index in [1.54, 1.807) is 0 Å². The Labute approximate surface area is 119 Å². The number of rotatable bonds is 2. The molecule has 0 saturated carbocycles. The molecule has 1 saturated heterocycles. The van der Waals surface area contributed by atoms with Crippen LogP contribution in [0.1, 0.15) is 44.2 Å². The number of ether oxygens (including phenoxy) is 1. The zero-order chi connectivity index (χ0) is 14.9. The molecule has 1 aromatic rings. The van der Waals surface area contributed by atoms with Gasteiger partial charge in [-0.15, -0.1) is 0 Å². The number of esters is 1. The van der Waals surface area contributed by atoms with Gasteiger partial charge in [0.05, 0.1) is 0 Å². The van der Waals surface area contributed by atoms with Crippen LogP contribution in [0.5, 0.6) is 0 Å². The first kappa shape index (κ1) is 14.6. The number of amides is 1. The summed E-state index contributed by atoms with van der Waals surface area (Å²) in [6.07, 6.45) is 0.326. The molecule has 1 aliphatic rings. The molecule has 1 amide bonds. The molecule has 1 fully saturated rings. The van der Waals surface area contributed by atoms with Crippen LogP contribution in [0.3, 0.4) is 0 Å². The monoisotopic (exact) mass is 275 g/mol. The van der Waals surface area contributed by atoms with Crippen LogP contribution in [-0.4, -0.2) is 23.5 Å². The van der Waals surface area contributed by atoms with Crippen molar-refractivity contribution < 1.29 is 14.3 Å². The van der Waals surface area contributed by atoms with Gasteiger partial charge in [0.1, 0.15) is 11.6 Å². The Morgan fingerprint density at radius 1 is 1.25 bits per heavy atom. The van der Waals surface area contributed by atoms with Crippen LogP contribution in [-0.2, 0) is 14.3 Å². The van der Waals surface area contributed by atoms with E-state index in [1.807, 2.05) is 52.0 Å². The lowest BCUT2D eigenvalue weighted by atomic mass is 9.91. The van der Waals surface area contributed by atoms with Crippen molar-refractivity contribution in [1.29, 1.82) is 0 Å². The summed E-state index contributed by atoms with van der Waals surface area (Å²) < 4.78 is 5.39. The Morgan fingerprint density at radius 2 is 1.85 bits per heavy atom. The Bertz CT molecular complexity index is 514. The average molecular weight is 275 g/mol. The largest absolute Gasteiger partial charge is 0.458 e. The fourth-order valence-corrected chi connectivity index (χ4v) is 2.36. The summed E-state index contributed by atoms with van der Waals surface area (Å²) in [7, 11) is 0. The van der Waals surface area contributed by atoms with Crippen molar-refractivity contribution in [2.45, 2.75) is 51.7 Å². The molecule has 20 heavy (non-hydrogen) atoms. The minimum Gasteiger partial charge on any atom is -0.458 e. The second kappa shape index (κ2) is 5.27. The van der Waals surface area contributed by atoms with Crippen molar-refractivity contribution in [3.8, 4) is 0 Å². The predicted molar refractivity (Wildman–Crippen MR) is 76.3 cm³/mol. The Kier molecular flexibility index (Phi) is 3.84. The van der Waals surface area contributed by atoms with Crippen LogP contribution < -0.4 is 5.32 Å². The van der Waals surface area contributed by atoms with Gasteiger partial charge in [0.2, 0.25) is 5.91 Å². The molecule has 0 radical (unpaired) electrons. The topological polar surface area (TPSA) is 55.4 Å². The standard InChI is InChI=1S/C16H21NO3/c1-10-5-7-11(8-6-10)12-9-13(18)17-14(12)15(19)20-16(2,3)4/h5-8,12,14H,9H2,1-4H3,(H,17,18)/t12-,14+/m0/s1. The predicted octanol–water partition coefficient (Wildman–Crippen LogP) is 2.31. The molecule has 1 N–H and O–H groups in total. The zero-order valence-electron chi connectivity index (χ0n) is 12.4. The van der Waals surface area contributed by atoms with Crippen LogP contribution in [0.15, 0.2) is 24.3 Å². The van der Waals surface area contributed by atoms with Gasteiger partial charge in [0, 0.05) is 12.3 Å². The Morgan fingerprint density at radius 3 is 2.40 bits per heavy atom. The van der Waals surface area contributed by atoms with Gasteiger partial charge in [-0.05, 0) is 33.3 Å². The molecule has 0 spiro atoms. The zero-order valence-corrected chi connectivity index (χ0v) is 12.4. The molecule has 0 bridgehead atoms. The summed E-state index contributed by atoms with van der Waals surface area (Å²) in [6.45, 7) is 7.47. The molecule has 4 heteroatoms. The molecule has 2 atom stereocenters. The highest BCUT2D eigenvalue weighted by molar-refractivity contribution is 5.90. The summed E-state index contributed by atoms with van der Waals surface area (Å²) in [5.74, 6) is -0.627. The number of aryl methyl sites for hydroxylation is 1. The summed E-state index contributed by atoms with van der Waals surface area (Å²) in [5.41, 5.74) is 1.59. The summed E-state index contributed by atoms with van der Waals surface area (Å²) in [6, 6.07) is 7.33. The maximum absolute atomic E-state index is 12.2. The molecule has 0 aliphatic carbocycles. The van der Waals surface area contributed by atoms with Crippen molar-refractivity contribution >= 4 is 11.9 Å². The normalized spacial score (nSPS) is 22.5. The van der Waals surface area contributed by atoms with Gasteiger partial charge in [0.25, 0.3) is 0 Å². The van der Waals surface area contributed by atoms with Gasteiger partial charge in [-0.2, -0.15) is 0 Å². The van der Waals surface area contributed by atoms with Crippen LogP contribution in [0.25, 0.3) is 0 Å². The lowest BCUT2D eigenvalue weighted by Crippen LogP contribution is -2.41. The van der Waals surface area contributed by atoms with Gasteiger partial charge in [-0.25, -0.2) is 4.79 Å². The van der Waals surface area contributed by atoms with E-state index in [0.29, 0.717) is 6.42 Å². The minimum absolute atomic E-state index is 0.105. The lowest BCUT2D eigenvalue weighted by molar-refractivity contribution is -0.157. The van der Waals surface area contributed by atoms with Gasteiger partial charge >= 0.3 is 5.97 Å². The number of carbonyl (C=O) groups excluding carboxylic acids is 2. The smallest absolute Gasteiger partial charge is 0.329 e. The highest BCUT2D eigenvalue weighted by Gasteiger charge is 2.40. The first-order valence-electron chi connectivity index (χ1n) is 6.85. The summed E-state index contributed by atoms with van der Waals surface area (Å²) in [4.78, 5) is 23.9. The van der Waals surface area contributed by atoms with Crippen LogP contribution in [0.2, 0.25) is 0 Å². The van der Waals surface area contributed by atoms with Crippen molar-refractivity contribution in [1.82, 2.24) is 5.32 Å². The number of benzene rings is 1. The fourth-order valence-electron chi connectivity index (χ4n) is 2.36. The summed E-state index contributed by atoms with van der Waals surface area (Å²) in [5, 5.41) is 2.73.